The topological polar surface area (TPSA) is 150 Å². The summed E-state index contributed by atoms with van der Waals surface area (Å²) in [6.07, 6.45) is -2.00. The number of hydrogen-bond acceptors (Lipinski definition) is 9. The van der Waals surface area contributed by atoms with E-state index >= 15 is 0 Å². The van der Waals surface area contributed by atoms with Gasteiger partial charge >= 0.3 is 11.8 Å². The van der Waals surface area contributed by atoms with Crippen molar-refractivity contribution in [2.24, 2.45) is 0 Å². The zero-order chi connectivity index (χ0) is 37.3. The number of rotatable bonds is 13. The predicted molar refractivity (Wildman–Crippen MR) is 199 cm³/mol. The fourth-order valence-corrected chi connectivity index (χ4v) is 6.58. The number of ether oxygens (including phenoxy) is 5. The number of benzene rings is 3. The van der Waals surface area contributed by atoms with Crippen molar-refractivity contribution in [2.45, 2.75) is 56.1 Å². The molecule has 1 amide bonds. The number of carbonyl (C=O) groups excluding carboxylic acids is 1. The van der Waals surface area contributed by atoms with Crippen LogP contribution in [0.5, 0.6) is 11.5 Å². The first-order chi connectivity index (χ1) is 24.9. The molecule has 12 nitrogen and oxygen atoms in total. The molecule has 0 saturated carbocycles. The van der Waals surface area contributed by atoms with Crippen molar-refractivity contribution in [3.63, 3.8) is 0 Å². The molecule has 52 heavy (non-hydrogen) atoms. The largest absolute Gasteiger partial charge is 0.497 e. The Bertz CT molecular complexity index is 1930. The lowest BCUT2D eigenvalue weighted by molar-refractivity contribution is -0.0944. The third-order valence-corrected chi connectivity index (χ3v) is 10.5. The average molecular weight is 728 g/mol. The first-order valence-corrected chi connectivity index (χ1v) is 20.7. The van der Waals surface area contributed by atoms with E-state index in [4.69, 9.17) is 23.7 Å². The second-order valence-electron chi connectivity index (χ2n) is 13.6. The lowest BCUT2D eigenvalue weighted by Crippen LogP contribution is -2.38. The summed E-state index contributed by atoms with van der Waals surface area (Å²) in [4.78, 5) is 39.8. The number of hydrogen-bond donors (Lipinski definition) is 3. The maximum atomic E-state index is 12.9. The summed E-state index contributed by atoms with van der Waals surface area (Å²) < 4.78 is 30.4. The molecule has 274 valence electrons. The van der Waals surface area contributed by atoms with Gasteiger partial charge in [0.05, 0.1) is 40.1 Å². The Morgan fingerprint density at radius 2 is 1.56 bits per heavy atom. The third-order valence-electron chi connectivity index (χ3n) is 8.75. The zero-order valence-corrected chi connectivity index (χ0v) is 31.0. The maximum Gasteiger partial charge on any atom is 0.407 e. The molecule has 1 aromatic heterocycles. The predicted octanol–water partition coefficient (Wildman–Crippen LogP) is 4.63. The van der Waals surface area contributed by atoms with Gasteiger partial charge < -0.3 is 34.1 Å². The highest BCUT2D eigenvalue weighted by molar-refractivity contribution is 6.76. The Hall–Kier alpha value is -5.13. The molecule has 4 aromatic rings. The van der Waals surface area contributed by atoms with Crippen LogP contribution < -0.4 is 26.0 Å². The summed E-state index contributed by atoms with van der Waals surface area (Å²) in [5.74, 6) is 6.78. The van der Waals surface area contributed by atoms with Crippen molar-refractivity contribution >= 4 is 14.2 Å². The van der Waals surface area contributed by atoms with Gasteiger partial charge in [0.15, 0.2) is 0 Å². The van der Waals surface area contributed by atoms with Crippen LogP contribution in [0.4, 0.5) is 4.79 Å². The quantitative estimate of drug-likeness (QED) is 0.102. The van der Waals surface area contributed by atoms with Gasteiger partial charge in [-0.05, 0) is 47.0 Å². The monoisotopic (exact) mass is 727 g/mol. The Morgan fingerprint density at radius 1 is 0.962 bits per heavy atom. The molecule has 0 aliphatic carbocycles. The van der Waals surface area contributed by atoms with E-state index in [2.05, 4.69) is 41.8 Å². The number of aromatic amines is 1. The van der Waals surface area contributed by atoms with E-state index in [9.17, 15) is 19.5 Å². The molecule has 5 rings (SSSR count). The standard InChI is InChI=1S/C39H45N3O9Si/c1-47-31-17-13-29(14-18-31)39(28-11-7-6-8-12-28,30-15-19-32(48-2)20-16-30)50-26-34-33(43)24-35(51-34)42-25-27(36(44)41-37(42)45)10-9-21-40-38(46)49-22-23-52(3,4)5/h6-8,11-20,25,33-35,43H,21-24,26H2,1-5H3,(H,40,46)(H,41,44,45)/t33-,34+,35+/m0/s1. The van der Waals surface area contributed by atoms with Crippen LogP contribution in [0, 0.1) is 11.8 Å². The van der Waals surface area contributed by atoms with E-state index < -0.39 is 49.5 Å². The summed E-state index contributed by atoms with van der Waals surface area (Å²) in [6, 6.07) is 25.7. The van der Waals surface area contributed by atoms with Gasteiger partial charge in [-0.2, -0.15) is 0 Å². The summed E-state index contributed by atoms with van der Waals surface area (Å²) >= 11 is 0. The molecule has 0 spiro atoms. The summed E-state index contributed by atoms with van der Waals surface area (Å²) in [6.45, 7) is 6.77. The Morgan fingerprint density at radius 3 is 2.13 bits per heavy atom. The third kappa shape index (κ3) is 9.20. The Labute approximate surface area is 303 Å². The molecule has 13 heteroatoms. The van der Waals surface area contributed by atoms with Crippen LogP contribution in [-0.4, -0.2) is 75.0 Å². The van der Waals surface area contributed by atoms with E-state index in [1.165, 1.54) is 10.8 Å². The first-order valence-electron chi connectivity index (χ1n) is 17.0. The van der Waals surface area contributed by atoms with Gasteiger partial charge in [0.2, 0.25) is 0 Å². The molecule has 1 saturated heterocycles. The molecule has 1 aliphatic heterocycles. The van der Waals surface area contributed by atoms with Crippen LogP contribution in [0.2, 0.25) is 25.7 Å². The van der Waals surface area contributed by atoms with E-state index in [1.54, 1.807) is 14.2 Å². The van der Waals surface area contributed by atoms with Crippen molar-refractivity contribution in [3.8, 4) is 23.3 Å². The molecule has 1 fully saturated rings. The molecular formula is C39H45N3O9Si. The van der Waals surface area contributed by atoms with E-state index in [-0.39, 0.29) is 25.1 Å². The van der Waals surface area contributed by atoms with E-state index in [0.29, 0.717) is 18.1 Å². The molecule has 2 heterocycles. The highest BCUT2D eigenvalue weighted by Gasteiger charge is 2.42. The molecule has 0 bridgehead atoms. The van der Waals surface area contributed by atoms with Gasteiger partial charge in [-0.15, -0.1) is 0 Å². The van der Waals surface area contributed by atoms with Crippen molar-refractivity contribution in [3.05, 3.63) is 128 Å². The van der Waals surface area contributed by atoms with Gasteiger partial charge in [-0.1, -0.05) is 86.1 Å². The van der Waals surface area contributed by atoms with Crippen LogP contribution >= 0.6 is 0 Å². The van der Waals surface area contributed by atoms with Crippen LogP contribution in [-0.2, 0) is 19.8 Å². The summed E-state index contributed by atoms with van der Waals surface area (Å²) in [7, 11) is 1.86. The van der Waals surface area contributed by atoms with E-state index in [0.717, 1.165) is 22.7 Å². The minimum Gasteiger partial charge on any atom is -0.497 e. The fraction of sp³-hybridized carbons (Fsp3) is 0.359. The van der Waals surface area contributed by atoms with Crippen LogP contribution in [0.25, 0.3) is 0 Å². The smallest absolute Gasteiger partial charge is 0.407 e. The SMILES string of the molecule is COc1ccc(C(OC[C@H]2O[C@@H](n3cc(C#CCNC(=O)OCC[Si](C)(C)C)c(=O)[nH]c3=O)C[C@@H]2O)(c2ccccc2)c2ccc(OC)cc2)cc1. The second kappa shape index (κ2) is 16.9. The molecule has 1 aliphatic rings. The number of carbonyl (C=O) groups is 1. The summed E-state index contributed by atoms with van der Waals surface area (Å²) in [5, 5.41) is 13.7. The van der Waals surface area contributed by atoms with Crippen LogP contribution in [0.3, 0.4) is 0 Å². The molecule has 0 radical (unpaired) electrons. The average Bonchev–Trinajstić information content (AvgIpc) is 3.51. The number of nitrogens with zero attached hydrogens (tertiary/aromatic N) is 1. The number of aromatic nitrogens is 2. The number of nitrogens with one attached hydrogen (secondary N) is 2. The minimum atomic E-state index is -1.34. The van der Waals surface area contributed by atoms with Gasteiger partial charge in [0, 0.05) is 20.7 Å². The lowest BCUT2D eigenvalue weighted by atomic mass is 9.80. The minimum absolute atomic E-state index is 0.00612. The molecular weight excluding hydrogens is 683 g/mol. The summed E-state index contributed by atoms with van der Waals surface area (Å²) in [5.41, 5.74) is -0.0961. The first kappa shape index (κ1) is 38.1. The zero-order valence-electron chi connectivity index (χ0n) is 30.0. The number of H-pyrrole nitrogens is 1. The molecule has 3 atom stereocenters. The normalized spacial score (nSPS) is 17.2. The van der Waals surface area contributed by atoms with Crippen molar-refractivity contribution < 1.29 is 33.6 Å². The molecule has 3 aromatic carbocycles. The maximum absolute atomic E-state index is 12.9. The second-order valence-corrected chi connectivity index (χ2v) is 19.2. The van der Waals surface area contributed by atoms with Crippen molar-refractivity contribution in [2.75, 3.05) is 34.0 Å². The lowest BCUT2D eigenvalue weighted by Gasteiger charge is -2.37. The number of amides is 1. The van der Waals surface area contributed by atoms with Crippen molar-refractivity contribution in [1.82, 2.24) is 14.9 Å². The number of aliphatic hydroxyl groups excluding tert-OH is 1. The Balaban J connectivity index is 1.36. The van der Waals surface area contributed by atoms with Crippen molar-refractivity contribution in [1.29, 1.82) is 0 Å². The van der Waals surface area contributed by atoms with E-state index in [1.807, 2.05) is 78.9 Å². The molecule has 0 unspecified atom stereocenters. The number of aliphatic hydroxyl groups is 1. The Kier molecular flexibility index (Phi) is 12.4. The number of methoxy groups -OCH3 is 2. The van der Waals surface area contributed by atoms with Gasteiger partial charge in [-0.3, -0.25) is 14.3 Å². The number of alkyl carbamates (subject to hydrolysis) is 1. The fourth-order valence-electron chi connectivity index (χ4n) is 5.86. The van der Waals surface area contributed by atoms with Crippen LogP contribution in [0.15, 0.2) is 94.6 Å². The van der Waals surface area contributed by atoms with Crippen LogP contribution in [0.1, 0.15) is 34.9 Å². The van der Waals surface area contributed by atoms with Gasteiger partial charge in [0.1, 0.15) is 35.0 Å². The highest BCUT2D eigenvalue weighted by atomic mass is 28.3. The van der Waals surface area contributed by atoms with Gasteiger partial charge in [-0.25, -0.2) is 9.59 Å². The van der Waals surface area contributed by atoms with Gasteiger partial charge in [0.25, 0.3) is 5.56 Å². The highest BCUT2D eigenvalue weighted by Crippen LogP contribution is 2.42. The molecule has 3 N–H and O–H groups in total.